The number of nitrogens with zero attached hydrogens (tertiary/aromatic N) is 3. The van der Waals surface area contributed by atoms with Gasteiger partial charge in [-0.25, -0.2) is 9.78 Å². The zero-order valence-electron chi connectivity index (χ0n) is 12.7. The molecule has 5 nitrogen and oxygen atoms in total. The molecule has 0 radical (unpaired) electrons. The number of aromatic carboxylic acids is 1. The molecule has 1 atom stereocenters. The fourth-order valence-electron chi connectivity index (χ4n) is 3.10. The quantitative estimate of drug-likeness (QED) is 0.920. The summed E-state index contributed by atoms with van der Waals surface area (Å²) in [6, 6.07) is 4.25. The normalized spacial score (nSPS) is 19.4. The van der Waals surface area contributed by atoms with E-state index in [1.54, 1.807) is 5.38 Å². The fraction of sp³-hybridized carbons (Fsp3) is 0.500. The summed E-state index contributed by atoms with van der Waals surface area (Å²) in [7, 11) is 2.08. The summed E-state index contributed by atoms with van der Waals surface area (Å²) in [5.74, 6) is -0.363. The van der Waals surface area contributed by atoms with Crippen LogP contribution in [0.15, 0.2) is 23.7 Å². The highest BCUT2D eigenvalue weighted by molar-refractivity contribution is 7.09. The van der Waals surface area contributed by atoms with Crippen molar-refractivity contribution in [1.29, 1.82) is 0 Å². The van der Waals surface area contributed by atoms with Crippen molar-refractivity contribution in [1.82, 2.24) is 14.5 Å². The Hall–Kier alpha value is -1.66. The zero-order chi connectivity index (χ0) is 15.5. The summed E-state index contributed by atoms with van der Waals surface area (Å²) >= 11 is 1.47. The standard InChI is InChI=1S/C16H21N3O2S/c1-18-6-3-5-13(18)10-19-7-2-4-12(9-19)8-15-17-14(11-22-15)16(20)21/h3,5-6,11-12H,2,4,7-10H2,1H3,(H,20,21). The maximum Gasteiger partial charge on any atom is 0.355 e. The second-order valence-corrected chi connectivity index (χ2v) is 6.93. The zero-order valence-corrected chi connectivity index (χ0v) is 13.6. The minimum Gasteiger partial charge on any atom is -0.476 e. The number of rotatable bonds is 5. The van der Waals surface area contributed by atoms with Crippen molar-refractivity contribution < 1.29 is 9.90 Å². The van der Waals surface area contributed by atoms with Crippen LogP contribution >= 0.6 is 11.3 Å². The van der Waals surface area contributed by atoms with Crippen molar-refractivity contribution in [2.45, 2.75) is 25.8 Å². The lowest BCUT2D eigenvalue weighted by Crippen LogP contribution is -2.36. The number of aromatic nitrogens is 2. The predicted molar refractivity (Wildman–Crippen MR) is 86.2 cm³/mol. The topological polar surface area (TPSA) is 58.4 Å². The van der Waals surface area contributed by atoms with Crippen LogP contribution < -0.4 is 0 Å². The Bertz CT molecular complexity index is 649. The van der Waals surface area contributed by atoms with E-state index in [0.29, 0.717) is 5.92 Å². The molecule has 2 aromatic heterocycles. The third-order valence-electron chi connectivity index (χ3n) is 4.27. The summed E-state index contributed by atoms with van der Waals surface area (Å²) in [6.45, 7) is 3.19. The molecule has 0 bridgehead atoms. The van der Waals surface area contributed by atoms with Crippen LogP contribution in [-0.4, -0.2) is 38.6 Å². The first-order valence-corrected chi connectivity index (χ1v) is 8.50. The molecular weight excluding hydrogens is 298 g/mol. The lowest BCUT2D eigenvalue weighted by Gasteiger charge is -2.32. The van der Waals surface area contributed by atoms with Crippen LogP contribution in [0.5, 0.6) is 0 Å². The molecule has 3 heterocycles. The van der Waals surface area contributed by atoms with Gasteiger partial charge in [-0.2, -0.15) is 0 Å². The van der Waals surface area contributed by atoms with Crippen molar-refractivity contribution >= 4 is 17.3 Å². The largest absolute Gasteiger partial charge is 0.476 e. The van der Waals surface area contributed by atoms with E-state index in [4.69, 9.17) is 5.11 Å². The first-order chi connectivity index (χ1) is 10.6. The number of carboxylic acids is 1. The number of hydrogen-bond acceptors (Lipinski definition) is 4. The van der Waals surface area contributed by atoms with Crippen LogP contribution in [0.25, 0.3) is 0 Å². The van der Waals surface area contributed by atoms with Crippen molar-refractivity contribution in [2.24, 2.45) is 13.0 Å². The predicted octanol–water partition coefficient (Wildman–Crippen LogP) is 2.63. The highest BCUT2D eigenvalue weighted by Gasteiger charge is 2.22. The van der Waals surface area contributed by atoms with Gasteiger partial charge in [0, 0.05) is 43.8 Å². The molecule has 6 heteroatoms. The van der Waals surface area contributed by atoms with Gasteiger partial charge in [-0.05, 0) is 37.4 Å². The molecule has 22 heavy (non-hydrogen) atoms. The lowest BCUT2D eigenvalue weighted by atomic mass is 9.95. The molecular formula is C16H21N3O2S. The van der Waals surface area contributed by atoms with E-state index in [2.05, 4.69) is 39.8 Å². The SMILES string of the molecule is Cn1cccc1CN1CCCC(Cc2nc(C(=O)O)cs2)C1. The third kappa shape index (κ3) is 3.56. The van der Waals surface area contributed by atoms with Gasteiger partial charge in [-0.3, -0.25) is 4.90 Å². The van der Waals surface area contributed by atoms with Gasteiger partial charge in [0.1, 0.15) is 0 Å². The van der Waals surface area contributed by atoms with Gasteiger partial charge in [0.15, 0.2) is 5.69 Å². The molecule has 2 aromatic rings. The number of carbonyl (C=O) groups is 1. The maximum atomic E-state index is 10.9. The monoisotopic (exact) mass is 319 g/mol. The van der Waals surface area contributed by atoms with Crippen LogP contribution in [0.4, 0.5) is 0 Å². The number of thiazole rings is 1. The smallest absolute Gasteiger partial charge is 0.355 e. The van der Waals surface area contributed by atoms with E-state index in [1.165, 1.54) is 29.9 Å². The van der Waals surface area contributed by atoms with Gasteiger partial charge in [-0.15, -0.1) is 11.3 Å². The number of likely N-dealkylation sites (tertiary alicyclic amines) is 1. The first kappa shape index (κ1) is 15.2. The Labute approximate surface area is 134 Å². The fourth-order valence-corrected chi connectivity index (χ4v) is 3.99. The Morgan fingerprint density at radius 3 is 3.09 bits per heavy atom. The Balaban J connectivity index is 1.58. The van der Waals surface area contributed by atoms with E-state index in [0.717, 1.165) is 31.1 Å². The second kappa shape index (κ2) is 6.62. The second-order valence-electron chi connectivity index (χ2n) is 5.99. The minimum absolute atomic E-state index is 0.177. The summed E-state index contributed by atoms with van der Waals surface area (Å²) < 4.78 is 2.17. The number of carboxylic acid groups (broad SMARTS) is 1. The highest BCUT2D eigenvalue weighted by Crippen LogP contribution is 2.23. The highest BCUT2D eigenvalue weighted by atomic mass is 32.1. The average molecular weight is 319 g/mol. The first-order valence-electron chi connectivity index (χ1n) is 7.62. The van der Waals surface area contributed by atoms with E-state index in [-0.39, 0.29) is 5.69 Å². The summed E-state index contributed by atoms with van der Waals surface area (Å²) in [5.41, 5.74) is 1.51. The van der Waals surface area contributed by atoms with Gasteiger partial charge in [0.05, 0.1) is 5.01 Å². The van der Waals surface area contributed by atoms with Gasteiger partial charge in [0.25, 0.3) is 0 Å². The molecule has 0 aromatic carbocycles. The van der Waals surface area contributed by atoms with Crippen molar-refractivity contribution in [2.75, 3.05) is 13.1 Å². The van der Waals surface area contributed by atoms with Crippen molar-refractivity contribution in [3.8, 4) is 0 Å². The molecule has 1 N–H and O–H groups in total. The van der Waals surface area contributed by atoms with Gasteiger partial charge in [-0.1, -0.05) is 0 Å². The molecule has 1 unspecified atom stereocenters. The minimum atomic E-state index is -0.934. The number of piperidine rings is 1. The summed E-state index contributed by atoms with van der Waals surface area (Å²) in [4.78, 5) is 17.6. The van der Waals surface area contributed by atoms with Crippen LogP contribution in [0, 0.1) is 5.92 Å². The van der Waals surface area contributed by atoms with Crippen LogP contribution in [0.3, 0.4) is 0 Å². The van der Waals surface area contributed by atoms with Gasteiger partial charge in [0.2, 0.25) is 0 Å². The van der Waals surface area contributed by atoms with Crippen LogP contribution in [0.2, 0.25) is 0 Å². The Morgan fingerprint density at radius 2 is 2.41 bits per heavy atom. The maximum absolute atomic E-state index is 10.9. The molecule has 1 aliphatic rings. The van der Waals surface area contributed by atoms with Crippen molar-refractivity contribution in [3.63, 3.8) is 0 Å². The molecule has 1 saturated heterocycles. The van der Waals surface area contributed by atoms with Crippen LogP contribution in [-0.2, 0) is 20.0 Å². The average Bonchev–Trinajstić information content (AvgIpc) is 3.10. The number of hydrogen-bond donors (Lipinski definition) is 1. The summed E-state index contributed by atoms with van der Waals surface area (Å²) in [5, 5.41) is 11.5. The Morgan fingerprint density at radius 1 is 1.55 bits per heavy atom. The molecule has 118 valence electrons. The molecule has 1 aliphatic heterocycles. The Kier molecular flexibility index (Phi) is 4.59. The lowest BCUT2D eigenvalue weighted by molar-refractivity contribution is 0.0691. The number of aryl methyl sites for hydroxylation is 1. The molecule has 0 amide bonds. The molecule has 0 aliphatic carbocycles. The van der Waals surface area contributed by atoms with Gasteiger partial charge < -0.3 is 9.67 Å². The van der Waals surface area contributed by atoms with E-state index in [9.17, 15) is 4.79 Å². The molecule has 1 fully saturated rings. The van der Waals surface area contributed by atoms with Crippen molar-refractivity contribution in [3.05, 3.63) is 40.1 Å². The van der Waals surface area contributed by atoms with E-state index in [1.807, 2.05) is 0 Å². The molecule has 0 saturated carbocycles. The molecule has 0 spiro atoms. The van der Waals surface area contributed by atoms with E-state index >= 15 is 0 Å². The summed E-state index contributed by atoms with van der Waals surface area (Å²) in [6.07, 6.45) is 5.37. The molecule has 3 rings (SSSR count). The van der Waals surface area contributed by atoms with E-state index < -0.39 is 5.97 Å². The van der Waals surface area contributed by atoms with Crippen LogP contribution in [0.1, 0.15) is 34.0 Å². The van der Waals surface area contributed by atoms with Gasteiger partial charge >= 0.3 is 5.97 Å². The third-order valence-corrected chi connectivity index (χ3v) is 5.15.